The van der Waals surface area contributed by atoms with E-state index in [0.717, 1.165) is 0 Å². The number of hydrogen-bond donors (Lipinski definition) is 1. The fourth-order valence-corrected chi connectivity index (χ4v) is 0.379. The first-order chi connectivity index (χ1) is 4.22. The third-order valence-corrected chi connectivity index (χ3v) is 0.799. The summed E-state index contributed by atoms with van der Waals surface area (Å²) in [4.78, 5) is 10.6. The summed E-state index contributed by atoms with van der Waals surface area (Å²) in [5.41, 5.74) is 0. The SMILES string of the molecule is C=C(OCC)C(=O)NC. The minimum atomic E-state index is -0.267. The Morgan fingerprint density at radius 1 is 1.78 bits per heavy atom. The molecule has 0 fully saturated rings. The van der Waals surface area contributed by atoms with Crippen LogP contribution in [0.5, 0.6) is 0 Å². The summed E-state index contributed by atoms with van der Waals surface area (Å²) in [7, 11) is 1.53. The van der Waals surface area contributed by atoms with Crippen LogP contribution < -0.4 is 5.32 Å². The van der Waals surface area contributed by atoms with Gasteiger partial charge in [-0.05, 0) is 6.92 Å². The second-order valence-corrected chi connectivity index (χ2v) is 1.44. The fraction of sp³-hybridized carbons (Fsp3) is 0.500. The maximum atomic E-state index is 10.6. The maximum absolute atomic E-state index is 10.6. The van der Waals surface area contributed by atoms with Gasteiger partial charge < -0.3 is 10.1 Å². The van der Waals surface area contributed by atoms with Crippen LogP contribution in [0.4, 0.5) is 0 Å². The number of nitrogens with one attached hydrogen (secondary N) is 1. The van der Waals surface area contributed by atoms with Crippen molar-refractivity contribution < 1.29 is 9.53 Å². The molecule has 3 heteroatoms. The Kier molecular flexibility index (Phi) is 3.51. The summed E-state index contributed by atoms with van der Waals surface area (Å²) < 4.78 is 4.79. The van der Waals surface area contributed by atoms with Gasteiger partial charge in [0.1, 0.15) is 0 Å². The summed E-state index contributed by atoms with van der Waals surface area (Å²) in [6.07, 6.45) is 0. The highest BCUT2D eigenvalue weighted by molar-refractivity contribution is 5.90. The summed E-state index contributed by atoms with van der Waals surface area (Å²) in [6, 6.07) is 0. The van der Waals surface area contributed by atoms with Crippen molar-refractivity contribution in [3.05, 3.63) is 12.3 Å². The Labute approximate surface area is 54.7 Å². The van der Waals surface area contributed by atoms with Crippen molar-refractivity contribution in [1.82, 2.24) is 5.32 Å². The summed E-state index contributed by atoms with van der Waals surface area (Å²) in [5, 5.41) is 2.39. The van der Waals surface area contributed by atoms with Gasteiger partial charge in [-0.3, -0.25) is 4.79 Å². The van der Waals surface area contributed by atoms with Crippen LogP contribution in [-0.4, -0.2) is 19.6 Å². The van der Waals surface area contributed by atoms with E-state index in [1.165, 1.54) is 7.05 Å². The number of amides is 1. The molecule has 0 unspecified atom stereocenters. The Bertz CT molecular complexity index is 120. The second-order valence-electron chi connectivity index (χ2n) is 1.44. The first kappa shape index (κ1) is 8.01. The van der Waals surface area contributed by atoms with E-state index in [-0.39, 0.29) is 11.7 Å². The van der Waals surface area contributed by atoms with E-state index in [0.29, 0.717) is 6.61 Å². The standard InChI is InChI=1S/C6H11NO2/c1-4-9-5(2)6(8)7-3/h2,4H2,1,3H3,(H,7,8). The lowest BCUT2D eigenvalue weighted by molar-refractivity contribution is -0.120. The van der Waals surface area contributed by atoms with Gasteiger partial charge in [-0.1, -0.05) is 6.58 Å². The van der Waals surface area contributed by atoms with Gasteiger partial charge in [0.05, 0.1) is 6.61 Å². The van der Waals surface area contributed by atoms with Crippen LogP contribution in [-0.2, 0) is 9.53 Å². The highest BCUT2D eigenvalue weighted by Crippen LogP contribution is 1.90. The molecule has 0 saturated heterocycles. The van der Waals surface area contributed by atoms with E-state index in [2.05, 4.69) is 11.9 Å². The van der Waals surface area contributed by atoms with Crippen LogP contribution >= 0.6 is 0 Å². The van der Waals surface area contributed by atoms with Crippen LogP contribution in [0.3, 0.4) is 0 Å². The first-order valence-corrected chi connectivity index (χ1v) is 2.76. The predicted molar refractivity (Wildman–Crippen MR) is 34.8 cm³/mol. The van der Waals surface area contributed by atoms with Crippen molar-refractivity contribution in [1.29, 1.82) is 0 Å². The van der Waals surface area contributed by atoms with Crippen molar-refractivity contribution in [2.24, 2.45) is 0 Å². The fourth-order valence-electron chi connectivity index (χ4n) is 0.379. The predicted octanol–water partition coefficient (Wildman–Crippen LogP) is 0.283. The Hall–Kier alpha value is -0.990. The molecule has 52 valence electrons. The van der Waals surface area contributed by atoms with E-state index in [4.69, 9.17) is 4.74 Å². The lowest BCUT2D eigenvalue weighted by Gasteiger charge is -2.02. The molecule has 1 N–H and O–H groups in total. The Morgan fingerprint density at radius 2 is 2.33 bits per heavy atom. The molecule has 0 heterocycles. The zero-order valence-electron chi connectivity index (χ0n) is 5.73. The number of ether oxygens (including phenoxy) is 1. The van der Waals surface area contributed by atoms with Crippen molar-refractivity contribution in [2.45, 2.75) is 6.92 Å². The molecule has 3 nitrogen and oxygen atoms in total. The minimum Gasteiger partial charge on any atom is -0.489 e. The van der Waals surface area contributed by atoms with E-state index in [1.54, 1.807) is 6.92 Å². The molecule has 0 aliphatic rings. The van der Waals surface area contributed by atoms with Gasteiger partial charge in [-0.15, -0.1) is 0 Å². The molecule has 1 amide bonds. The Morgan fingerprint density at radius 3 is 2.67 bits per heavy atom. The number of rotatable bonds is 3. The van der Waals surface area contributed by atoms with Gasteiger partial charge in [0, 0.05) is 7.05 Å². The maximum Gasteiger partial charge on any atom is 0.285 e. The van der Waals surface area contributed by atoms with Crippen LogP contribution in [0.15, 0.2) is 12.3 Å². The van der Waals surface area contributed by atoms with Crippen molar-refractivity contribution >= 4 is 5.91 Å². The van der Waals surface area contributed by atoms with E-state index < -0.39 is 0 Å². The number of carbonyl (C=O) groups excluding carboxylic acids is 1. The average Bonchev–Trinajstić information content (AvgIpc) is 1.87. The molecule has 0 rings (SSSR count). The zero-order valence-corrected chi connectivity index (χ0v) is 5.73. The third-order valence-electron chi connectivity index (χ3n) is 0.799. The van der Waals surface area contributed by atoms with Gasteiger partial charge in [0.2, 0.25) is 0 Å². The number of likely N-dealkylation sites (N-methyl/N-ethyl adjacent to an activating group) is 1. The molecule has 0 atom stereocenters. The van der Waals surface area contributed by atoms with Crippen molar-refractivity contribution in [3.8, 4) is 0 Å². The molecule has 0 spiro atoms. The molecule has 0 aliphatic carbocycles. The molecule has 9 heavy (non-hydrogen) atoms. The van der Waals surface area contributed by atoms with Gasteiger partial charge in [-0.25, -0.2) is 0 Å². The monoisotopic (exact) mass is 129 g/mol. The number of carbonyl (C=O) groups is 1. The van der Waals surface area contributed by atoms with Gasteiger partial charge in [0.25, 0.3) is 5.91 Å². The summed E-state index contributed by atoms with van der Waals surface area (Å²) in [5.74, 6) is -0.100. The molecule has 0 aromatic heterocycles. The molecular weight excluding hydrogens is 118 g/mol. The van der Waals surface area contributed by atoms with E-state index in [9.17, 15) is 4.79 Å². The quantitative estimate of drug-likeness (QED) is 0.439. The van der Waals surface area contributed by atoms with Gasteiger partial charge in [-0.2, -0.15) is 0 Å². The molecular formula is C6H11NO2. The van der Waals surface area contributed by atoms with E-state index >= 15 is 0 Å². The normalized spacial score (nSPS) is 8.22. The molecule has 0 radical (unpaired) electrons. The topological polar surface area (TPSA) is 38.3 Å². The smallest absolute Gasteiger partial charge is 0.285 e. The highest BCUT2D eigenvalue weighted by atomic mass is 16.5. The van der Waals surface area contributed by atoms with E-state index in [1.807, 2.05) is 0 Å². The third kappa shape index (κ3) is 2.74. The van der Waals surface area contributed by atoms with Crippen LogP contribution in [0.1, 0.15) is 6.92 Å². The molecule has 0 aromatic rings. The molecule has 0 aliphatic heterocycles. The first-order valence-electron chi connectivity index (χ1n) is 2.76. The highest BCUT2D eigenvalue weighted by Gasteiger charge is 2.01. The largest absolute Gasteiger partial charge is 0.489 e. The zero-order chi connectivity index (χ0) is 7.28. The average molecular weight is 129 g/mol. The van der Waals surface area contributed by atoms with Gasteiger partial charge in [0.15, 0.2) is 5.76 Å². The van der Waals surface area contributed by atoms with Crippen molar-refractivity contribution in [2.75, 3.05) is 13.7 Å². The second kappa shape index (κ2) is 3.95. The van der Waals surface area contributed by atoms with Crippen LogP contribution in [0, 0.1) is 0 Å². The molecule has 0 bridgehead atoms. The summed E-state index contributed by atoms with van der Waals surface area (Å²) >= 11 is 0. The van der Waals surface area contributed by atoms with Crippen LogP contribution in [0.25, 0.3) is 0 Å². The Balaban J connectivity index is 3.60. The van der Waals surface area contributed by atoms with Gasteiger partial charge >= 0.3 is 0 Å². The summed E-state index contributed by atoms with van der Waals surface area (Å²) in [6.45, 7) is 5.66. The molecule has 0 saturated carbocycles. The lowest BCUT2D eigenvalue weighted by Crippen LogP contribution is -2.20. The number of hydrogen-bond acceptors (Lipinski definition) is 2. The lowest BCUT2D eigenvalue weighted by atomic mass is 10.5. The van der Waals surface area contributed by atoms with Crippen molar-refractivity contribution in [3.63, 3.8) is 0 Å². The van der Waals surface area contributed by atoms with Crippen LogP contribution in [0.2, 0.25) is 0 Å². The minimum absolute atomic E-state index is 0.167. The molecule has 0 aromatic carbocycles.